The van der Waals surface area contributed by atoms with Crippen molar-refractivity contribution in [2.75, 3.05) is 0 Å². The van der Waals surface area contributed by atoms with Crippen molar-refractivity contribution in [1.29, 1.82) is 5.41 Å². The highest BCUT2D eigenvalue weighted by molar-refractivity contribution is 5.94. The molecule has 1 aromatic heterocycles. The zero-order valence-electron chi connectivity index (χ0n) is 10.1. The lowest BCUT2D eigenvalue weighted by Crippen LogP contribution is -2.24. The fraction of sp³-hybridized carbons (Fsp3) is 0.500. The number of nitrogens with zero attached hydrogens (tertiary/aromatic N) is 1. The molecule has 0 fully saturated rings. The molecule has 0 aliphatic carbocycles. The summed E-state index contributed by atoms with van der Waals surface area (Å²) < 4.78 is 5.76. The topological polar surface area (TPSA) is 72.0 Å². The lowest BCUT2D eigenvalue weighted by Gasteiger charge is -2.23. The summed E-state index contributed by atoms with van der Waals surface area (Å²) in [6.07, 6.45) is 2.56. The molecule has 0 radical (unpaired) electrons. The van der Waals surface area contributed by atoms with Gasteiger partial charge in [0, 0.05) is 11.8 Å². The molecular weight excluding hydrogens is 202 g/mol. The first-order valence-corrected chi connectivity index (χ1v) is 5.38. The minimum Gasteiger partial charge on any atom is -0.382 e. The number of hydrogen-bond acceptors (Lipinski definition) is 3. The largest absolute Gasteiger partial charge is 0.382 e. The number of nitrogens with one attached hydrogen (secondary N) is 1. The molecule has 0 bridgehead atoms. The third kappa shape index (κ3) is 3.31. The molecule has 1 heterocycles. The van der Waals surface area contributed by atoms with Crippen LogP contribution in [-0.2, 0) is 11.3 Å². The molecule has 88 valence electrons. The highest BCUT2D eigenvalue weighted by Crippen LogP contribution is 2.17. The first kappa shape index (κ1) is 12.6. The molecule has 0 aliphatic heterocycles. The number of aromatic nitrogens is 1. The van der Waals surface area contributed by atoms with Gasteiger partial charge < -0.3 is 10.5 Å². The van der Waals surface area contributed by atoms with Gasteiger partial charge in [0.1, 0.15) is 11.5 Å². The molecule has 16 heavy (non-hydrogen) atoms. The maximum Gasteiger partial charge on any atom is 0.142 e. The monoisotopic (exact) mass is 221 g/mol. The Bertz CT molecular complexity index is 374. The Kier molecular flexibility index (Phi) is 4.01. The lowest BCUT2D eigenvalue weighted by atomic mass is 10.1. The first-order chi connectivity index (χ1) is 7.46. The predicted octanol–water partition coefficient (Wildman–Crippen LogP) is 2.07. The van der Waals surface area contributed by atoms with E-state index >= 15 is 0 Å². The molecule has 0 unspecified atom stereocenters. The van der Waals surface area contributed by atoms with E-state index in [9.17, 15) is 0 Å². The van der Waals surface area contributed by atoms with Crippen LogP contribution in [0, 0.1) is 5.41 Å². The van der Waals surface area contributed by atoms with Gasteiger partial charge in [-0.1, -0.05) is 13.0 Å². The number of hydrogen-bond donors (Lipinski definition) is 2. The van der Waals surface area contributed by atoms with Gasteiger partial charge in [0.2, 0.25) is 0 Å². The van der Waals surface area contributed by atoms with E-state index in [1.54, 1.807) is 6.20 Å². The van der Waals surface area contributed by atoms with Crippen LogP contribution < -0.4 is 5.73 Å². The van der Waals surface area contributed by atoms with Crippen molar-refractivity contribution in [3.05, 3.63) is 29.6 Å². The first-order valence-electron chi connectivity index (χ1n) is 5.38. The van der Waals surface area contributed by atoms with E-state index in [1.165, 1.54) is 0 Å². The van der Waals surface area contributed by atoms with Crippen molar-refractivity contribution in [2.45, 2.75) is 39.4 Å². The van der Waals surface area contributed by atoms with Crippen LogP contribution in [0.4, 0.5) is 0 Å². The zero-order valence-corrected chi connectivity index (χ0v) is 10.1. The quantitative estimate of drug-likeness (QED) is 0.590. The van der Waals surface area contributed by atoms with Crippen LogP contribution in [-0.4, -0.2) is 16.4 Å². The van der Waals surface area contributed by atoms with Crippen molar-refractivity contribution in [2.24, 2.45) is 5.73 Å². The second-order valence-corrected chi connectivity index (χ2v) is 4.33. The second kappa shape index (κ2) is 5.07. The molecule has 1 rings (SSSR count). The van der Waals surface area contributed by atoms with E-state index in [2.05, 4.69) is 11.9 Å². The van der Waals surface area contributed by atoms with Crippen molar-refractivity contribution in [1.82, 2.24) is 4.98 Å². The van der Waals surface area contributed by atoms with E-state index in [1.807, 2.05) is 26.0 Å². The summed E-state index contributed by atoms with van der Waals surface area (Å²) in [4.78, 5) is 4.08. The normalized spacial score (nSPS) is 11.4. The summed E-state index contributed by atoms with van der Waals surface area (Å²) in [7, 11) is 0. The Morgan fingerprint density at radius 2 is 2.25 bits per heavy atom. The minimum atomic E-state index is -0.163. The lowest BCUT2D eigenvalue weighted by molar-refractivity contribution is -0.0317. The Morgan fingerprint density at radius 1 is 1.56 bits per heavy atom. The van der Waals surface area contributed by atoms with E-state index in [0.29, 0.717) is 12.3 Å². The molecule has 0 saturated carbocycles. The van der Waals surface area contributed by atoms with E-state index < -0.39 is 0 Å². The van der Waals surface area contributed by atoms with Crippen LogP contribution in [0.1, 0.15) is 38.4 Å². The van der Waals surface area contributed by atoms with Gasteiger partial charge >= 0.3 is 0 Å². The molecule has 4 heteroatoms. The smallest absolute Gasteiger partial charge is 0.142 e. The van der Waals surface area contributed by atoms with Crippen LogP contribution in [0.3, 0.4) is 0 Å². The van der Waals surface area contributed by atoms with Gasteiger partial charge in [-0.05, 0) is 26.3 Å². The number of pyridine rings is 1. The summed E-state index contributed by atoms with van der Waals surface area (Å²) in [5.74, 6) is -0.0199. The van der Waals surface area contributed by atoms with E-state index in [0.717, 1.165) is 12.0 Å². The fourth-order valence-corrected chi connectivity index (χ4v) is 1.17. The van der Waals surface area contributed by atoms with Gasteiger partial charge in [-0.25, -0.2) is 0 Å². The Labute approximate surface area is 96.3 Å². The Morgan fingerprint density at radius 3 is 2.81 bits per heavy atom. The highest BCUT2D eigenvalue weighted by Gasteiger charge is 2.16. The number of ether oxygens (including phenoxy) is 1. The Balaban J connectivity index is 2.78. The molecule has 0 aromatic carbocycles. The van der Waals surface area contributed by atoms with Crippen molar-refractivity contribution < 1.29 is 4.74 Å². The average Bonchev–Trinajstić information content (AvgIpc) is 2.27. The minimum absolute atomic E-state index is 0.0199. The summed E-state index contributed by atoms with van der Waals surface area (Å²) >= 11 is 0. The van der Waals surface area contributed by atoms with Crippen LogP contribution >= 0.6 is 0 Å². The summed E-state index contributed by atoms with van der Waals surface area (Å²) in [5, 5.41) is 7.42. The molecule has 0 aliphatic rings. The number of rotatable bonds is 5. The highest BCUT2D eigenvalue weighted by atomic mass is 16.5. The standard InChI is InChI=1S/C12H19N3O/c1-4-12(2,3)16-8-9-6-5-7-15-10(9)11(13)14/h5-7H,4,8H2,1-3H3,(H3,13,14). The Hall–Kier alpha value is -1.42. The summed E-state index contributed by atoms with van der Waals surface area (Å²) in [5.41, 5.74) is 6.66. The van der Waals surface area contributed by atoms with Gasteiger partial charge in [0.25, 0.3) is 0 Å². The fourth-order valence-electron chi connectivity index (χ4n) is 1.17. The van der Waals surface area contributed by atoms with Crippen LogP contribution in [0.2, 0.25) is 0 Å². The van der Waals surface area contributed by atoms with Crippen LogP contribution in [0.15, 0.2) is 18.3 Å². The van der Waals surface area contributed by atoms with E-state index in [4.69, 9.17) is 15.9 Å². The number of nitrogens with two attached hydrogens (primary N) is 1. The predicted molar refractivity (Wildman–Crippen MR) is 64.4 cm³/mol. The molecule has 0 spiro atoms. The molecule has 0 saturated heterocycles. The van der Waals surface area contributed by atoms with E-state index in [-0.39, 0.29) is 11.4 Å². The molecular formula is C12H19N3O. The van der Waals surface area contributed by atoms with Crippen LogP contribution in [0.5, 0.6) is 0 Å². The average molecular weight is 221 g/mol. The van der Waals surface area contributed by atoms with Gasteiger partial charge in [-0.3, -0.25) is 10.4 Å². The van der Waals surface area contributed by atoms with Gasteiger partial charge in [0.05, 0.1) is 12.2 Å². The number of nitrogen functional groups attached to an aromatic ring is 1. The molecule has 0 amide bonds. The third-order valence-electron chi connectivity index (χ3n) is 2.62. The van der Waals surface area contributed by atoms with Crippen molar-refractivity contribution >= 4 is 5.84 Å². The van der Waals surface area contributed by atoms with Crippen LogP contribution in [0.25, 0.3) is 0 Å². The molecule has 4 nitrogen and oxygen atoms in total. The molecule has 0 atom stereocenters. The molecule has 1 aromatic rings. The third-order valence-corrected chi connectivity index (χ3v) is 2.62. The maximum atomic E-state index is 7.42. The SMILES string of the molecule is CCC(C)(C)OCc1cccnc1C(=N)N. The maximum absolute atomic E-state index is 7.42. The van der Waals surface area contributed by atoms with Crippen molar-refractivity contribution in [3.63, 3.8) is 0 Å². The number of amidine groups is 1. The van der Waals surface area contributed by atoms with Gasteiger partial charge in [-0.15, -0.1) is 0 Å². The molecule has 3 N–H and O–H groups in total. The van der Waals surface area contributed by atoms with Gasteiger partial charge in [-0.2, -0.15) is 0 Å². The summed E-state index contributed by atoms with van der Waals surface area (Å²) in [6, 6.07) is 3.71. The van der Waals surface area contributed by atoms with Crippen molar-refractivity contribution in [3.8, 4) is 0 Å². The zero-order chi connectivity index (χ0) is 12.2. The summed E-state index contributed by atoms with van der Waals surface area (Å²) in [6.45, 7) is 6.59. The second-order valence-electron chi connectivity index (χ2n) is 4.33. The van der Waals surface area contributed by atoms with Gasteiger partial charge in [0.15, 0.2) is 0 Å².